The molecule has 0 unspecified atom stereocenters. The fourth-order valence-corrected chi connectivity index (χ4v) is 2.89. The number of nitrogens with zero attached hydrogens (tertiary/aromatic N) is 1. The number of esters is 1. The molecule has 0 aliphatic rings. The smallest absolute Gasteiger partial charge is 0.446 e. The van der Waals surface area contributed by atoms with E-state index in [1.807, 2.05) is 0 Å². The van der Waals surface area contributed by atoms with E-state index < -0.39 is 11.5 Å². The maximum Gasteiger partial charge on any atom is 0.446 e. The van der Waals surface area contributed by atoms with Crippen LogP contribution in [0, 0.1) is 11.3 Å². The number of hydrogen-bond donors (Lipinski definition) is 0. The molecule has 0 heterocycles. The molecule has 0 bridgehead atoms. The summed E-state index contributed by atoms with van der Waals surface area (Å²) in [5.74, 6) is -0.628. The van der Waals surface area contributed by atoms with Crippen molar-refractivity contribution in [3.8, 4) is 6.07 Å². The number of carbonyl (C=O) groups excluding carboxylic acids is 1. The summed E-state index contributed by atoms with van der Waals surface area (Å²) in [6.07, 6.45) is -0.302. The van der Waals surface area contributed by atoms with Crippen molar-refractivity contribution in [3.63, 3.8) is 0 Å². The van der Waals surface area contributed by atoms with Gasteiger partial charge in [-0.15, -0.1) is 0 Å². The molecule has 0 amide bonds. The second kappa shape index (κ2) is 7.71. The lowest BCUT2D eigenvalue weighted by Gasteiger charge is -2.14. The summed E-state index contributed by atoms with van der Waals surface area (Å²) < 4.78 is 42.8. The van der Waals surface area contributed by atoms with Gasteiger partial charge in [-0.2, -0.15) is 18.4 Å². The minimum absolute atomic E-state index is 0.0731. The van der Waals surface area contributed by atoms with E-state index in [2.05, 4.69) is 15.9 Å². The number of hydrogen-bond acceptors (Lipinski definition) is 4. The van der Waals surface area contributed by atoms with Gasteiger partial charge in [-0.3, -0.25) is 4.79 Å². The quantitative estimate of drug-likeness (QED) is 0.436. The van der Waals surface area contributed by atoms with Gasteiger partial charge < -0.3 is 4.74 Å². The van der Waals surface area contributed by atoms with E-state index >= 15 is 0 Å². The molecule has 8 heteroatoms. The SMILES string of the molecule is CCOC(=O)Cc1ccc(CBr)c(C#N)c1SC(F)(F)F. The Morgan fingerprint density at radius 1 is 1.43 bits per heavy atom. The summed E-state index contributed by atoms with van der Waals surface area (Å²) in [5.41, 5.74) is -4.04. The Balaban J connectivity index is 3.29. The molecule has 0 aromatic heterocycles. The van der Waals surface area contributed by atoms with Crippen molar-refractivity contribution >= 4 is 33.7 Å². The molecule has 0 fully saturated rings. The first-order chi connectivity index (χ1) is 9.82. The van der Waals surface area contributed by atoms with Crippen molar-refractivity contribution in [1.82, 2.24) is 0 Å². The summed E-state index contributed by atoms with van der Waals surface area (Å²) in [6, 6.07) is 4.73. The summed E-state index contributed by atoms with van der Waals surface area (Å²) in [5, 5.41) is 9.37. The Labute approximate surface area is 132 Å². The molecule has 1 aromatic carbocycles. The second-order valence-corrected chi connectivity index (χ2v) is 5.50. The fraction of sp³-hybridized carbons (Fsp3) is 0.385. The van der Waals surface area contributed by atoms with E-state index in [9.17, 15) is 18.0 Å². The minimum atomic E-state index is -4.54. The molecule has 0 saturated carbocycles. The van der Waals surface area contributed by atoms with Crippen LogP contribution in [-0.2, 0) is 21.3 Å². The van der Waals surface area contributed by atoms with Crippen molar-refractivity contribution in [2.45, 2.75) is 29.1 Å². The van der Waals surface area contributed by atoms with Crippen LogP contribution in [0.1, 0.15) is 23.6 Å². The normalized spacial score (nSPS) is 11.0. The molecule has 1 rings (SSSR count). The Morgan fingerprint density at radius 2 is 2.05 bits per heavy atom. The lowest BCUT2D eigenvalue weighted by atomic mass is 10.0. The van der Waals surface area contributed by atoms with Crippen LogP contribution >= 0.6 is 27.7 Å². The Hall–Kier alpha value is -1.20. The van der Waals surface area contributed by atoms with Crippen LogP contribution in [0.3, 0.4) is 0 Å². The first-order valence-corrected chi connectivity index (χ1v) is 7.78. The molecule has 3 nitrogen and oxygen atoms in total. The highest BCUT2D eigenvalue weighted by Crippen LogP contribution is 2.41. The predicted molar refractivity (Wildman–Crippen MR) is 76.0 cm³/mol. The van der Waals surface area contributed by atoms with Crippen molar-refractivity contribution in [1.29, 1.82) is 5.26 Å². The van der Waals surface area contributed by atoms with Gasteiger partial charge in [0.1, 0.15) is 6.07 Å². The number of ether oxygens (including phenoxy) is 1. The molecule has 0 N–H and O–H groups in total. The van der Waals surface area contributed by atoms with Gasteiger partial charge in [0.05, 0.1) is 18.6 Å². The van der Waals surface area contributed by atoms with Crippen molar-refractivity contribution in [2.75, 3.05) is 6.61 Å². The number of nitriles is 1. The van der Waals surface area contributed by atoms with Crippen LogP contribution in [0.25, 0.3) is 0 Å². The monoisotopic (exact) mass is 381 g/mol. The number of carbonyl (C=O) groups is 1. The van der Waals surface area contributed by atoms with Crippen LogP contribution in [0.4, 0.5) is 13.2 Å². The lowest BCUT2D eigenvalue weighted by molar-refractivity contribution is -0.142. The largest absolute Gasteiger partial charge is 0.466 e. The molecule has 21 heavy (non-hydrogen) atoms. The Morgan fingerprint density at radius 3 is 2.52 bits per heavy atom. The third-order valence-corrected chi connectivity index (χ3v) is 3.95. The van der Waals surface area contributed by atoms with Crippen LogP contribution in [0.15, 0.2) is 17.0 Å². The van der Waals surface area contributed by atoms with Gasteiger partial charge in [0.2, 0.25) is 0 Å². The van der Waals surface area contributed by atoms with Crippen LogP contribution in [0.5, 0.6) is 0 Å². The van der Waals surface area contributed by atoms with Gasteiger partial charge in [-0.1, -0.05) is 28.1 Å². The minimum Gasteiger partial charge on any atom is -0.466 e. The highest BCUT2D eigenvalue weighted by Gasteiger charge is 2.33. The summed E-state index contributed by atoms with van der Waals surface area (Å²) in [7, 11) is 0. The van der Waals surface area contributed by atoms with Crippen molar-refractivity contribution in [3.05, 3.63) is 28.8 Å². The Kier molecular flexibility index (Phi) is 6.55. The topological polar surface area (TPSA) is 50.1 Å². The molecule has 0 aliphatic carbocycles. The lowest BCUT2D eigenvalue weighted by Crippen LogP contribution is -2.11. The van der Waals surface area contributed by atoms with Crippen molar-refractivity contribution < 1.29 is 22.7 Å². The van der Waals surface area contributed by atoms with Crippen LogP contribution < -0.4 is 0 Å². The van der Waals surface area contributed by atoms with Gasteiger partial charge in [0, 0.05) is 10.2 Å². The zero-order valence-corrected chi connectivity index (χ0v) is 13.4. The van der Waals surface area contributed by atoms with Gasteiger partial charge in [-0.25, -0.2) is 0 Å². The third kappa shape index (κ3) is 5.25. The molecular weight excluding hydrogens is 371 g/mol. The van der Waals surface area contributed by atoms with E-state index in [4.69, 9.17) is 10.00 Å². The molecular formula is C13H11BrF3NO2S. The van der Waals surface area contributed by atoms with Crippen LogP contribution in [0.2, 0.25) is 0 Å². The van der Waals surface area contributed by atoms with E-state index in [0.717, 1.165) is 0 Å². The van der Waals surface area contributed by atoms with Gasteiger partial charge in [-0.05, 0) is 29.8 Å². The standard InChI is InChI=1S/C13H11BrF3NO2S/c1-2-20-11(19)5-8-3-4-9(6-14)10(7-18)12(8)21-13(15,16)17/h3-4H,2,5-6H2,1H3. The molecule has 0 radical (unpaired) electrons. The maximum atomic E-state index is 12.7. The highest BCUT2D eigenvalue weighted by atomic mass is 79.9. The zero-order chi connectivity index (χ0) is 16.0. The maximum absolute atomic E-state index is 12.7. The van der Waals surface area contributed by atoms with Crippen LogP contribution in [-0.4, -0.2) is 18.1 Å². The first-order valence-electron chi connectivity index (χ1n) is 5.84. The fourth-order valence-electron chi connectivity index (χ4n) is 1.64. The summed E-state index contributed by atoms with van der Waals surface area (Å²) in [4.78, 5) is 11.2. The average molecular weight is 382 g/mol. The summed E-state index contributed by atoms with van der Waals surface area (Å²) in [6.45, 7) is 1.75. The van der Waals surface area contributed by atoms with E-state index in [0.29, 0.717) is 5.56 Å². The van der Waals surface area contributed by atoms with Gasteiger partial charge in [0.15, 0.2) is 0 Å². The molecule has 0 aliphatic heterocycles. The molecule has 0 spiro atoms. The highest BCUT2D eigenvalue weighted by molar-refractivity contribution is 9.08. The molecule has 0 atom stereocenters. The number of alkyl halides is 4. The third-order valence-electron chi connectivity index (χ3n) is 2.44. The van der Waals surface area contributed by atoms with E-state index in [1.165, 1.54) is 12.1 Å². The van der Waals surface area contributed by atoms with E-state index in [-0.39, 0.29) is 46.1 Å². The number of thioether (sulfide) groups is 1. The number of halogens is 4. The molecule has 114 valence electrons. The van der Waals surface area contributed by atoms with E-state index in [1.54, 1.807) is 13.0 Å². The van der Waals surface area contributed by atoms with Crippen molar-refractivity contribution in [2.24, 2.45) is 0 Å². The molecule has 1 aromatic rings. The molecule has 0 saturated heterocycles. The zero-order valence-electron chi connectivity index (χ0n) is 11.0. The van der Waals surface area contributed by atoms with Gasteiger partial charge >= 0.3 is 11.5 Å². The average Bonchev–Trinajstić information content (AvgIpc) is 2.39. The second-order valence-electron chi connectivity index (χ2n) is 3.86. The number of benzene rings is 1. The summed E-state index contributed by atoms with van der Waals surface area (Å²) >= 11 is 2.75. The Bertz CT molecular complexity index is 570. The number of rotatable bonds is 5. The van der Waals surface area contributed by atoms with Gasteiger partial charge in [0.25, 0.3) is 0 Å². The predicted octanol–water partition coefficient (Wildman–Crippen LogP) is 4.17. The first kappa shape index (κ1) is 17.9.